The first kappa shape index (κ1) is 13.9. The Morgan fingerprint density at radius 1 is 1.32 bits per heavy atom. The van der Waals surface area contributed by atoms with E-state index in [0.717, 1.165) is 36.3 Å². The Balaban J connectivity index is 1.89. The third kappa shape index (κ3) is 3.96. The van der Waals surface area contributed by atoms with E-state index < -0.39 is 0 Å². The zero-order valence-corrected chi connectivity index (χ0v) is 11.8. The zero-order chi connectivity index (χ0) is 13.8. The molecule has 4 heteroatoms. The molecule has 2 N–H and O–H groups in total. The quantitative estimate of drug-likeness (QED) is 0.879. The number of hydrogen-bond acceptors (Lipinski definition) is 2. The van der Waals surface area contributed by atoms with Crippen molar-refractivity contribution in [1.82, 2.24) is 5.32 Å². The standard InChI is InChI=1S/C15H22N2O2/c1-10-7-11(2)9-13(8-10)17-15(18)16-12(3)14-5-4-6-19-14/h7-9,12,14H,4-6H2,1-3H3,(H2,16,17,18)/t12-,14+/m0/s1. The fourth-order valence-corrected chi connectivity index (χ4v) is 2.51. The van der Waals surface area contributed by atoms with E-state index >= 15 is 0 Å². The molecule has 1 aliphatic rings. The van der Waals surface area contributed by atoms with E-state index in [0.29, 0.717) is 0 Å². The summed E-state index contributed by atoms with van der Waals surface area (Å²) in [5, 5.41) is 5.81. The molecule has 1 fully saturated rings. The summed E-state index contributed by atoms with van der Waals surface area (Å²) in [6, 6.07) is 5.87. The summed E-state index contributed by atoms with van der Waals surface area (Å²) in [5.41, 5.74) is 3.11. The van der Waals surface area contributed by atoms with Crippen LogP contribution in [-0.2, 0) is 4.74 Å². The van der Waals surface area contributed by atoms with Gasteiger partial charge in [0.1, 0.15) is 0 Å². The van der Waals surface area contributed by atoms with E-state index in [1.165, 1.54) is 0 Å². The topological polar surface area (TPSA) is 50.4 Å². The van der Waals surface area contributed by atoms with Crippen LogP contribution in [0.5, 0.6) is 0 Å². The first-order valence-electron chi connectivity index (χ1n) is 6.82. The van der Waals surface area contributed by atoms with Crippen LogP contribution in [0, 0.1) is 13.8 Å². The molecule has 2 amide bonds. The predicted molar refractivity (Wildman–Crippen MR) is 76.5 cm³/mol. The van der Waals surface area contributed by atoms with Crippen molar-refractivity contribution in [2.24, 2.45) is 0 Å². The Labute approximate surface area is 114 Å². The molecule has 2 rings (SSSR count). The van der Waals surface area contributed by atoms with Gasteiger partial charge in [-0.05, 0) is 56.9 Å². The molecule has 0 bridgehead atoms. The number of anilines is 1. The Kier molecular flexibility index (Phi) is 4.43. The Bertz CT molecular complexity index is 433. The number of rotatable bonds is 3. The summed E-state index contributed by atoms with van der Waals surface area (Å²) in [6.45, 7) is 6.82. The molecule has 1 aliphatic heterocycles. The number of urea groups is 1. The van der Waals surface area contributed by atoms with Crippen molar-refractivity contribution >= 4 is 11.7 Å². The lowest BCUT2D eigenvalue weighted by molar-refractivity contribution is 0.0868. The molecule has 19 heavy (non-hydrogen) atoms. The Morgan fingerprint density at radius 2 is 2.00 bits per heavy atom. The van der Waals surface area contributed by atoms with Gasteiger partial charge in [0, 0.05) is 12.3 Å². The molecule has 1 heterocycles. The van der Waals surface area contributed by atoms with E-state index in [4.69, 9.17) is 4.74 Å². The first-order chi connectivity index (χ1) is 9.04. The van der Waals surface area contributed by atoms with Crippen LogP contribution in [0.2, 0.25) is 0 Å². The van der Waals surface area contributed by atoms with Crippen molar-refractivity contribution in [3.63, 3.8) is 0 Å². The van der Waals surface area contributed by atoms with Gasteiger partial charge in [0.15, 0.2) is 0 Å². The van der Waals surface area contributed by atoms with Crippen LogP contribution in [0.3, 0.4) is 0 Å². The highest BCUT2D eigenvalue weighted by atomic mass is 16.5. The number of amides is 2. The summed E-state index contributed by atoms with van der Waals surface area (Å²) in [6.07, 6.45) is 2.24. The third-order valence-electron chi connectivity index (χ3n) is 3.36. The van der Waals surface area contributed by atoms with Crippen LogP contribution in [-0.4, -0.2) is 24.8 Å². The molecule has 0 spiro atoms. The number of carbonyl (C=O) groups is 1. The Morgan fingerprint density at radius 3 is 2.58 bits per heavy atom. The second-order valence-electron chi connectivity index (χ2n) is 5.31. The highest BCUT2D eigenvalue weighted by Gasteiger charge is 2.23. The van der Waals surface area contributed by atoms with Crippen molar-refractivity contribution in [3.8, 4) is 0 Å². The molecule has 2 atom stereocenters. The fraction of sp³-hybridized carbons (Fsp3) is 0.533. The van der Waals surface area contributed by atoms with E-state index in [1.54, 1.807) is 0 Å². The predicted octanol–water partition coefficient (Wildman–Crippen LogP) is 2.99. The minimum atomic E-state index is -0.173. The van der Waals surface area contributed by atoms with Gasteiger partial charge in [-0.2, -0.15) is 0 Å². The average Bonchev–Trinajstić information content (AvgIpc) is 2.80. The second-order valence-corrected chi connectivity index (χ2v) is 5.31. The van der Waals surface area contributed by atoms with Gasteiger partial charge in [0.25, 0.3) is 0 Å². The smallest absolute Gasteiger partial charge is 0.319 e. The SMILES string of the molecule is Cc1cc(C)cc(NC(=O)N[C@@H](C)[C@H]2CCCO2)c1. The molecule has 0 unspecified atom stereocenters. The zero-order valence-electron chi connectivity index (χ0n) is 11.8. The normalized spacial score (nSPS) is 20.1. The average molecular weight is 262 g/mol. The van der Waals surface area contributed by atoms with Gasteiger partial charge in [-0.25, -0.2) is 4.79 Å². The van der Waals surface area contributed by atoms with Crippen molar-refractivity contribution in [2.75, 3.05) is 11.9 Å². The monoisotopic (exact) mass is 262 g/mol. The van der Waals surface area contributed by atoms with Gasteiger partial charge in [0.05, 0.1) is 12.1 Å². The summed E-state index contributed by atoms with van der Waals surface area (Å²) in [4.78, 5) is 11.9. The summed E-state index contributed by atoms with van der Waals surface area (Å²) in [5.74, 6) is 0. The van der Waals surface area contributed by atoms with Gasteiger partial charge in [-0.1, -0.05) is 6.07 Å². The van der Waals surface area contributed by atoms with Gasteiger partial charge in [-0.3, -0.25) is 0 Å². The first-order valence-corrected chi connectivity index (χ1v) is 6.82. The van der Waals surface area contributed by atoms with Crippen molar-refractivity contribution in [1.29, 1.82) is 0 Å². The number of benzene rings is 1. The number of hydrogen-bond donors (Lipinski definition) is 2. The van der Waals surface area contributed by atoms with Crippen LogP contribution in [0.4, 0.5) is 10.5 Å². The maximum atomic E-state index is 11.9. The van der Waals surface area contributed by atoms with Gasteiger partial charge >= 0.3 is 6.03 Å². The summed E-state index contributed by atoms with van der Waals surface area (Å²) < 4.78 is 5.56. The van der Waals surface area contributed by atoms with E-state index in [2.05, 4.69) is 16.7 Å². The summed E-state index contributed by atoms with van der Waals surface area (Å²) >= 11 is 0. The number of ether oxygens (including phenoxy) is 1. The van der Waals surface area contributed by atoms with E-state index in [-0.39, 0.29) is 18.2 Å². The van der Waals surface area contributed by atoms with Crippen LogP contribution in [0.15, 0.2) is 18.2 Å². The molecular weight excluding hydrogens is 240 g/mol. The lowest BCUT2D eigenvalue weighted by Crippen LogP contribution is -2.43. The molecule has 0 radical (unpaired) electrons. The molecule has 1 saturated heterocycles. The van der Waals surface area contributed by atoms with Crippen LogP contribution < -0.4 is 10.6 Å². The number of carbonyl (C=O) groups excluding carboxylic acids is 1. The molecular formula is C15H22N2O2. The van der Waals surface area contributed by atoms with E-state index in [1.807, 2.05) is 32.9 Å². The van der Waals surface area contributed by atoms with Gasteiger partial charge in [-0.15, -0.1) is 0 Å². The molecule has 1 aromatic rings. The third-order valence-corrected chi connectivity index (χ3v) is 3.36. The highest BCUT2D eigenvalue weighted by Crippen LogP contribution is 2.16. The van der Waals surface area contributed by atoms with Crippen molar-refractivity contribution in [3.05, 3.63) is 29.3 Å². The molecule has 104 valence electrons. The lowest BCUT2D eigenvalue weighted by Gasteiger charge is -2.20. The van der Waals surface area contributed by atoms with Crippen LogP contribution >= 0.6 is 0 Å². The van der Waals surface area contributed by atoms with Gasteiger partial charge < -0.3 is 15.4 Å². The number of nitrogens with one attached hydrogen (secondary N) is 2. The molecule has 4 nitrogen and oxygen atoms in total. The fourth-order valence-electron chi connectivity index (χ4n) is 2.51. The molecule has 0 aromatic heterocycles. The maximum Gasteiger partial charge on any atom is 0.319 e. The largest absolute Gasteiger partial charge is 0.376 e. The van der Waals surface area contributed by atoms with Crippen molar-refractivity contribution in [2.45, 2.75) is 45.8 Å². The Hall–Kier alpha value is -1.55. The van der Waals surface area contributed by atoms with Crippen molar-refractivity contribution < 1.29 is 9.53 Å². The van der Waals surface area contributed by atoms with Crippen LogP contribution in [0.1, 0.15) is 30.9 Å². The second kappa shape index (κ2) is 6.06. The van der Waals surface area contributed by atoms with Gasteiger partial charge in [0.2, 0.25) is 0 Å². The van der Waals surface area contributed by atoms with Crippen LogP contribution in [0.25, 0.3) is 0 Å². The molecule has 1 aromatic carbocycles. The van der Waals surface area contributed by atoms with E-state index in [9.17, 15) is 4.79 Å². The lowest BCUT2D eigenvalue weighted by atomic mass is 10.1. The minimum absolute atomic E-state index is 0.0356. The number of aryl methyl sites for hydroxylation is 2. The summed E-state index contributed by atoms with van der Waals surface area (Å²) in [7, 11) is 0. The molecule has 0 saturated carbocycles. The molecule has 0 aliphatic carbocycles. The minimum Gasteiger partial charge on any atom is -0.376 e. The highest BCUT2D eigenvalue weighted by molar-refractivity contribution is 5.89. The maximum absolute atomic E-state index is 11.9.